The van der Waals surface area contributed by atoms with Crippen LogP contribution >= 0.6 is 0 Å². The summed E-state index contributed by atoms with van der Waals surface area (Å²) in [7, 11) is 4.23. The minimum Gasteiger partial charge on any atom is -0.380 e. The Morgan fingerprint density at radius 2 is 2.31 bits per heavy atom. The monoisotopic (exact) mass is 186 g/mol. The van der Waals surface area contributed by atoms with Crippen LogP contribution in [-0.4, -0.2) is 50.8 Å². The summed E-state index contributed by atoms with van der Waals surface area (Å²) in [4.78, 5) is 2.40. The molecule has 0 aliphatic carbocycles. The lowest BCUT2D eigenvalue weighted by Crippen LogP contribution is -2.53. The Hall–Kier alpha value is -0.120. The van der Waals surface area contributed by atoms with Crippen molar-refractivity contribution in [1.82, 2.24) is 10.2 Å². The molecular formula is C10H22N2O. The van der Waals surface area contributed by atoms with E-state index >= 15 is 0 Å². The van der Waals surface area contributed by atoms with Gasteiger partial charge in [0.1, 0.15) is 0 Å². The fourth-order valence-corrected chi connectivity index (χ4v) is 2.01. The SMILES string of the molecule is CCCN(C)C1COCCC1NC. The Balaban J connectivity index is 2.43. The maximum Gasteiger partial charge on any atom is 0.0636 e. The third kappa shape index (κ3) is 2.93. The Morgan fingerprint density at radius 1 is 1.54 bits per heavy atom. The number of hydrogen-bond acceptors (Lipinski definition) is 3. The predicted octanol–water partition coefficient (Wildman–Crippen LogP) is 0.705. The number of likely N-dealkylation sites (N-methyl/N-ethyl adjacent to an activating group) is 2. The average molecular weight is 186 g/mol. The molecular weight excluding hydrogens is 164 g/mol. The molecule has 0 saturated carbocycles. The van der Waals surface area contributed by atoms with Gasteiger partial charge < -0.3 is 10.1 Å². The highest BCUT2D eigenvalue weighted by Gasteiger charge is 2.26. The summed E-state index contributed by atoms with van der Waals surface area (Å²) in [6.07, 6.45) is 2.35. The summed E-state index contributed by atoms with van der Waals surface area (Å²) in [5, 5.41) is 3.37. The Labute approximate surface area is 81.4 Å². The molecule has 1 heterocycles. The van der Waals surface area contributed by atoms with Gasteiger partial charge in [0, 0.05) is 18.7 Å². The molecule has 2 unspecified atom stereocenters. The van der Waals surface area contributed by atoms with Gasteiger partial charge in [0.15, 0.2) is 0 Å². The zero-order valence-electron chi connectivity index (χ0n) is 9.05. The minimum atomic E-state index is 0.554. The van der Waals surface area contributed by atoms with E-state index < -0.39 is 0 Å². The summed E-state index contributed by atoms with van der Waals surface area (Å²) in [5.74, 6) is 0. The van der Waals surface area contributed by atoms with Crippen molar-refractivity contribution in [1.29, 1.82) is 0 Å². The molecule has 1 rings (SSSR count). The van der Waals surface area contributed by atoms with E-state index in [1.807, 2.05) is 7.05 Å². The van der Waals surface area contributed by atoms with Crippen molar-refractivity contribution in [3.05, 3.63) is 0 Å². The molecule has 0 aromatic carbocycles. The van der Waals surface area contributed by atoms with E-state index in [0.717, 1.165) is 26.2 Å². The Bertz CT molecular complexity index is 141. The first kappa shape index (κ1) is 11.0. The smallest absolute Gasteiger partial charge is 0.0636 e. The highest BCUT2D eigenvalue weighted by molar-refractivity contribution is 4.84. The van der Waals surface area contributed by atoms with Gasteiger partial charge in [-0.1, -0.05) is 6.92 Å². The number of nitrogens with zero attached hydrogens (tertiary/aromatic N) is 1. The van der Waals surface area contributed by atoms with E-state index in [1.165, 1.54) is 6.42 Å². The first-order chi connectivity index (χ1) is 6.29. The second kappa shape index (κ2) is 5.58. The molecule has 1 aliphatic rings. The Kier molecular flexibility index (Phi) is 4.70. The molecule has 2 atom stereocenters. The summed E-state index contributed by atoms with van der Waals surface area (Å²) in [6.45, 7) is 5.16. The first-order valence-corrected chi connectivity index (χ1v) is 5.24. The molecule has 1 aliphatic heterocycles. The van der Waals surface area contributed by atoms with Crippen molar-refractivity contribution in [3.8, 4) is 0 Å². The van der Waals surface area contributed by atoms with Crippen LogP contribution in [0.3, 0.4) is 0 Å². The minimum absolute atomic E-state index is 0.554. The molecule has 3 heteroatoms. The van der Waals surface area contributed by atoms with Crippen LogP contribution in [0.2, 0.25) is 0 Å². The molecule has 78 valence electrons. The molecule has 1 N–H and O–H groups in total. The first-order valence-electron chi connectivity index (χ1n) is 5.24. The second-order valence-electron chi connectivity index (χ2n) is 3.81. The highest BCUT2D eigenvalue weighted by Crippen LogP contribution is 2.12. The summed E-state index contributed by atoms with van der Waals surface area (Å²) >= 11 is 0. The van der Waals surface area contributed by atoms with Crippen LogP contribution in [-0.2, 0) is 4.74 Å². The van der Waals surface area contributed by atoms with Crippen LogP contribution < -0.4 is 5.32 Å². The van der Waals surface area contributed by atoms with Gasteiger partial charge in [0.25, 0.3) is 0 Å². The van der Waals surface area contributed by atoms with Gasteiger partial charge in [0.2, 0.25) is 0 Å². The molecule has 0 spiro atoms. The van der Waals surface area contributed by atoms with Crippen LogP contribution in [0.1, 0.15) is 19.8 Å². The van der Waals surface area contributed by atoms with Crippen molar-refractivity contribution in [2.24, 2.45) is 0 Å². The van der Waals surface area contributed by atoms with Crippen molar-refractivity contribution < 1.29 is 4.74 Å². The van der Waals surface area contributed by atoms with Crippen molar-refractivity contribution in [2.75, 3.05) is 33.9 Å². The highest BCUT2D eigenvalue weighted by atomic mass is 16.5. The molecule has 1 fully saturated rings. The van der Waals surface area contributed by atoms with Crippen LogP contribution in [0.5, 0.6) is 0 Å². The zero-order chi connectivity index (χ0) is 9.68. The van der Waals surface area contributed by atoms with E-state index in [4.69, 9.17) is 4.74 Å². The molecule has 3 nitrogen and oxygen atoms in total. The number of ether oxygens (including phenoxy) is 1. The van der Waals surface area contributed by atoms with Gasteiger partial charge in [0.05, 0.1) is 6.61 Å². The number of nitrogens with one attached hydrogen (secondary N) is 1. The van der Waals surface area contributed by atoms with E-state index in [1.54, 1.807) is 0 Å². The molecule has 0 aromatic heterocycles. The van der Waals surface area contributed by atoms with E-state index in [0.29, 0.717) is 12.1 Å². The maximum atomic E-state index is 5.50. The summed E-state index contributed by atoms with van der Waals surface area (Å²) in [6, 6.07) is 1.16. The molecule has 1 saturated heterocycles. The number of rotatable bonds is 4. The lowest BCUT2D eigenvalue weighted by atomic mass is 10.0. The summed E-state index contributed by atoms with van der Waals surface area (Å²) in [5.41, 5.74) is 0. The van der Waals surface area contributed by atoms with Crippen molar-refractivity contribution in [3.63, 3.8) is 0 Å². The van der Waals surface area contributed by atoms with Gasteiger partial charge in [-0.05, 0) is 33.5 Å². The fraction of sp³-hybridized carbons (Fsp3) is 1.00. The van der Waals surface area contributed by atoms with Crippen molar-refractivity contribution in [2.45, 2.75) is 31.8 Å². The molecule has 0 radical (unpaired) electrons. The number of hydrogen-bond donors (Lipinski definition) is 1. The van der Waals surface area contributed by atoms with E-state index in [-0.39, 0.29) is 0 Å². The van der Waals surface area contributed by atoms with Gasteiger partial charge in [-0.2, -0.15) is 0 Å². The van der Waals surface area contributed by atoms with Gasteiger partial charge in [-0.25, -0.2) is 0 Å². The van der Waals surface area contributed by atoms with Gasteiger partial charge in [-0.15, -0.1) is 0 Å². The van der Waals surface area contributed by atoms with E-state index in [9.17, 15) is 0 Å². The lowest BCUT2D eigenvalue weighted by Gasteiger charge is -2.37. The molecule has 13 heavy (non-hydrogen) atoms. The third-order valence-electron chi connectivity index (χ3n) is 2.84. The average Bonchev–Trinajstić information content (AvgIpc) is 2.18. The van der Waals surface area contributed by atoms with Crippen LogP contribution in [0.4, 0.5) is 0 Å². The standard InChI is InChI=1S/C10H22N2O/c1-4-6-12(3)10-8-13-7-5-9(10)11-2/h9-11H,4-8H2,1-3H3. The topological polar surface area (TPSA) is 24.5 Å². The van der Waals surface area contributed by atoms with Crippen LogP contribution in [0.15, 0.2) is 0 Å². The maximum absolute atomic E-state index is 5.50. The van der Waals surface area contributed by atoms with Gasteiger partial charge >= 0.3 is 0 Å². The zero-order valence-corrected chi connectivity index (χ0v) is 9.05. The summed E-state index contributed by atoms with van der Waals surface area (Å²) < 4.78 is 5.50. The lowest BCUT2D eigenvalue weighted by molar-refractivity contribution is 0.00797. The molecule has 0 aromatic rings. The predicted molar refractivity (Wildman–Crippen MR) is 55.0 cm³/mol. The Morgan fingerprint density at radius 3 is 2.92 bits per heavy atom. The molecule has 0 bridgehead atoms. The quantitative estimate of drug-likeness (QED) is 0.699. The molecule has 0 amide bonds. The van der Waals surface area contributed by atoms with Gasteiger partial charge in [-0.3, -0.25) is 4.90 Å². The largest absolute Gasteiger partial charge is 0.380 e. The van der Waals surface area contributed by atoms with E-state index in [2.05, 4.69) is 24.2 Å². The van der Waals surface area contributed by atoms with Crippen LogP contribution in [0.25, 0.3) is 0 Å². The van der Waals surface area contributed by atoms with Crippen LogP contribution in [0, 0.1) is 0 Å². The second-order valence-corrected chi connectivity index (χ2v) is 3.81. The fourth-order valence-electron chi connectivity index (χ4n) is 2.01. The third-order valence-corrected chi connectivity index (χ3v) is 2.84. The normalized spacial score (nSPS) is 29.5. The van der Waals surface area contributed by atoms with Crippen molar-refractivity contribution >= 4 is 0 Å².